The lowest BCUT2D eigenvalue weighted by molar-refractivity contribution is 1.08. The zero-order valence-corrected chi connectivity index (χ0v) is 13.6. The zero-order chi connectivity index (χ0) is 16.9. The molecule has 4 rings (SSSR count). The first-order chi connectivity index (χ1) is 12.4. The first-order valence-corrected chi connectivity index (χ1v) is 8.10. The number of aromatic nitrogens is 3. The molecular formula is C20H17N5. The number of nitrogens with one attached hydrogen (secondary N) is 2. The van der Waals surface area contributed by atoms with Crippen molar-refractivity contribution in [1.29, 1.82) is 0 Å². The van der Waals surface area contributed by atoms with Gasteiger partial charge in [-0.3, -0.25) is 0 Å². The van der Waals surface area contributed by atoms with Crippen LogP contribution in [-0.2, 0) is 6.54 Å². The van der Waals surface area contributed by atoms with Gasteiger partial charge in [-0.05, 0) is 23.1 Å². The summed E-state index contributed by atoms with van der Waals surface area (Å²) in [6, 6.07) is 22.1. The van der Waals surface area contributed by atoms with Crippen LogP contribution in [0.5, 0.6) is 0 Å². The number of rotatable bonds is 5. The first kappa shape index (κ1) is 15.1. The minimum atomic E-state index is 0.516. The predicted molar refractivity (Wildman–Crippen MR) is 101 cm³/mol. The smallest absolute Gasteiger partial charge is 0.230 e. The minimum absolute atomic E-state index is 0.516. The quantitative estimate of drug-likeness (QED) is 0.569. The average molecular weight is 327 g/mol. The maximum absolute atomic E-state index is 4.52. The topological polar surface area (TPSA) is 62.7 Å². The van der Waals surface area contributed by atoms with Gasteiger partial charge in [-0.1, -0.05) is 54.6 Å². The van der Waals surface area contributed by atoms with Crippen LogP contribution < -0.4 is 10.6 Å². The van der Waals surface area contributed by atoms with Crippen molar-refractivity contribution in [2.45, 2.75) is 6.54 Å². The maximum atomic E-state index is 4.52. The van der Waals surface area contributed by atoms with E-state index in [1.54, 1.807) is 12.4 Å². The fourth-order valence-corrected chi connectivity index (χ4v) is 2.63. The van der Waals surface area contributed by atoms with E-state index >= 15 is 0 Å². The van der Waals surface area contributed by atoms with Crippen molar-refractivity contribution in [1.82, 2.24) is 15.0 Å². The van der Waals surface area contributed by atoms with Crippen LogP contribution in [-0.4, -0.2) is 15.0 Å². The Morgan fingerprint density at radius 2 is 1.56 bits per heavy atom. The molecule has 0 saturated heterocycles. The highest BCUT2D eigenvalue weighted by atomic mass is 15.2. The number of nitrogens with zero attached hydrogens (tertiary/aromatic N) is 3. The molecule has 0 amide bonds. The van der Waals surface area contributed by atoms with Gasteiger partial charge >= 0.3 is 0 Å². The maximum Gasteiger partial charge on any atom is 0.230 e. The van der Waals surface area contributed by atoms with Crippen LogP contribution in [0.4, 0.5) is 17.6 Å². The molecule has 0 spiro atoms. The normalized spacial score (nSPS) is 10.6. The number of hydrogen-bond donors (Lipinski definition) is 2. The molecule has 0 aliphatic heterocycles. The molecule has 2 N–H and O–H groups in total. The highest BCUT2D eigenvalue weighted by molar-refractivity contribution is 5.92. The van der Waals surface area contributed by atoms with Gasteiger partial charge in [0.2, 0.25) is 5.95 Å². The number of pyridine rings is 1. The number of hydrogen-bond acceptors (Lipinski definition) is 5. The summed E-state index contributed by atoms with van der Waals surface area (Å²) in [5.41, 5.74) is 1.20. The molecule has 2 aromatic heterocycles. The Labute approximate surface area is 145 Å². The second-order valence-corrected chi connectivity index (χ2v) is 5.61. The molecule has 0 aliphatic rings. The summed E-state index contributed by atoms with van der Waals surface area (Å²) in [5, 5.41) is 8.69. The molecule has 0 radical (unpaired) electrons. The number of fused-ring (bicyclic) bond motifs is 1. The summed E-state index contributed by atoms with van der Waals surface area (Å²) < 4.78 is 0. The third-order valence-corrected chi connectivity index (χ3v) is 3.88. The predicted octanol–water partition coefficient (Wildman–Crippen LogP) is 4.38. The van der Waals surface area contributed by atoms with Gasteiger partial charge in [-0.2, -0.15) is 4.98 Å². The highest BCUT2D eigenvalue weighted by Gasteiger charge is 2.05. The summed E-state index contributed by atoms with van der Waals surface area (Å²) >= 11 is 0. The molecule has 4 aromatic rings. The van der Waals surface area contributed by atoms with Crippen molar-refractivity contribution in [2.24, 2.45) is 0 Å². The second-order valence-electron chi connectivity index (χ2n) is 5.61. The van der Waals surface area contributed by atoms with Gasteiger partial charge in [-0.25, -0.2) is 9.97 Å². The minimum Gasteiger partial charge on any atom is -0.366 e. The van der Waals surface area contributed by atoms with Gasteiger partial charge in [0.1, 0.15) is 11.6 Å². The van der Waals surface area contributed by atoms with Crippen LogP contribution in [0, 0.1) is 0 Å². The Balaban J connectivity index is 1.53. The Bertz CT molecular complexity index is 980. The highest BCUT2D eigenvalue weighted by Crippen LogP contribution is 2.22. The van der Waals surface area contributed by atoms with Gasteiger partial charge in [0, 0.05) is 24.3 Å². The van der Waals surface area contributed by atoms with Crippen molar-refractivity contribution in [3.8, 4) is 0 Å². The standard InChI is InChI=1S/C20H17N5/c1-2-6-15(7-3-1)14-23-18-11-13-22-20(24-18)25-19-17-9-5-4-8-16(17)10-12-21-19/h1-13H,14H2,(H2,21,22,23,24,25). The molecule has 0 bridgehead atoms. The van der Waals surface area contributed by atoms with Crippen molar-refractivity contribution < 1.29 is 0 Å². The molecule has 5 heteroatoms. The second kappa shape index (κ2) is 6.97. The Kier molecular flexibility index (Phi) is 4.20. The monoisotopic (exact) mass is 327 g/mol. The number of benzene rings is 2. The van der Waals surface area contributed by atoms with E-state index in [9.17, 15) is 0 Å². The van der Waals surface area contributed by atoms with Crippen molar-refractivity contribution >= 4 is 28.4 Å². The molecule has 0 saturated carbocycles. The van der Waals surface area contributed by atoms with Gasteiger partial charge in [0.15, 0.2) is 0 Å². The van der Waals surface area contributed by atoms with Crippen LogP contribution in [0.2, 0.25) is 0 Å². The van der Waals surface area contributed by atoms with Crippen LogP contribution in [0.15, 0.2) is 79.1 Å². The van der Waals surface area contributed by atoms with Crippen molar-refractivity contribution in [2.75, 3.05) is 10.6 Å². The lowest BCUT2D eigenvalue weighted by atomic mass is 10.1. The van der Waals surface area contributed by atoms with E-state index in [0.717, 1.165) is 22.4 Å². The van der Waals surface area contributed by atoms with Gasteiger partial charge in [0.25, 0.3) is 0 Å². The van der Waals surface area contributed by atoms with E-state index in [1.807, 2.05) is 48.5 Å². The fraction of sp³-hybridized carbons (Fsp3) is 0.0500. The Morgan fingerprint density at radius 1 is 0.760 bits per heavy atom. The largest absolute Gasteiger partial charge is 0.366 e. The summed E-state index contributed by atoms with van der Waals surface area (Å²) in [4.78, 5) is 13.2. The summed E-state index contributed by atoms with van der Waals surface area (Å²) in [6.45, 7) is 0.712. The molecule has 5 nitrogen and oxygen atoms in total. The Morgan fingerprint density at radius 3 is 2.48 bits per heavy atom. The molecule has 122 valence electrons. The summed E-state index contributed by atoms with van der Waals surface area (Å²) in [5.74, 6) is 2.03. The molecule has 2 heterocycles. The lowest BCUT2D eigenvalue weighted by Gasteiger charge is -2.09. The molecule has 2 aromatic carbocycles. The van der Waals surface area contributed by atoms with E-state index in [1.165, 1.54) is 5.56 Å². The third kappa shape index (κ3) is 3.55. The fourth-order valence-electron chi connectivity index (χ4n) is 2.63. The molecular weight excluding hydrogens is 310 g/mol. The summed E-state index contributed by atoms with van der Waals surface area (Å²) in [7, 11) is 0. The van der Waals surface area contributed by atoms with Crippen LogP contribution in [0.25, 0.3) is 10.8 Å². The molecule has 25 heavy (non-hydrogen) atoms. The number of anilines is 3. The third-order valence-electron chi connectivity index (χ3n) is 3.88. The lowest BCUT2D eigenvalue weighted by Crippen LogP contribution is -2.04. The molecule has 0 fully saturated rings. The van der Waals surface area contributed by atoms with Crippen molar-refractivity contribution in [3.63, 3.8) is 0 Å². The van der Waals surface area contributed by atoms with Crippen LogP contribution in [0.1, 0.15) is 5.56 Å². The van der Waals surface area contributed by atoms with E-state index in [4.69, 9.17) is 0 Å². The van der Waals surface area contributed by atoms with E-state index in [2.05, 4.69) is 43.8 Å². The molecule has 0 aliphatic carbocycles. The van der Waals surface area contributed by atoms with Crippen LogP contribution >= 0.6 is 0 Å². The molecule has 0 unspecified atom stereocenters. The van der Waals surface area contributed by atoms with Crippen LogP contribution in [0.3, 0.4) is 0 Å². The SMILES string of the molecule is c1ccc(CNc2ccnc(Nc3nccc4ccccc34)n2)cc1. The molecule has 0 atom stereocenters. The van der Waals surface area contributed by atoms with E-state index < -0.39 is 0 Å². The van der Waals surface area contributed by atoms with Crippen molar-refractivity contribution in [3.05, 3.63) is 84.7 Å². The summed E-state index contributed by atoms with van der Waals surface area (Å²) in [6.07, 6.45) is 3.51. The van der Waals surface area contributed by atoms with E-state index in [0.29, 0.717) is 12.5 Å². The zero-order valence-electron chi connectivity index (χ0n) is 13.6. The average Bonchev–Trinajstić information content (AvgIpc) is 2.68. The van der Waals surface area contributed by atoms with Gasteiger partial charge in [0.05, 0.1) is 0 Å². The van der Waals surface area contributed by atoms with Gasteiger partial charge < -0.3 is 10.6 Å². The first-order valence-electron chi connectivity index (χ1n) is 8.10. The van der Waals surface area contributed by atoms with Gasteiger partial charge in [-0.15, -0.1) is 0 Å². The van der Waals surface area contributed by atoms with E-state index in [-0.39, 0.29) is 0 Å². The Hall–Kier alpha value is -3.47.